The number of hydrogen-bond donors (Lipinski definition) is 1. The number of nitrogens with zero attached hydrogens (tertiary/aromatic N) is 2. The molecule has 0 saturated carbocycles. The van der Waals surface area contributed by atoms with Crippen molar-refractivity contribution < 1.29 is 22.4 Å². The van der Waals surface area contributed by atoms with Crippen LogP contribution in [0.3, 0.4) is 0 Å². The SMILES string of the molecule is CCCCCCCC(=O)Nc1cc(-c2ccco2)nn1-c1ccc(C(F)(F)F)cc1. The first-order valence-electron chi connectivity index (χ1n) is 10.00. The number of halogens is 3. The third kappa shape index (κ3) is 5.52. The summed E-state index contributed by atoms with van der Waals surface area (Å²) in [5.74, 6) is 0.709. The Bertz CT molecular complexity index is 945. The molecule has 1 amide bonds. The lowest BCUT2D eigenvalue weighted by Gasteiger charge is -2.11. The van der Waals surface area contributed by atoms with Gasteiger partial charge < -0.3 is 9.73 Å². The molecular formula is C22H24F3N3O2. The minimum atomic E-state index is -4.42. The maximum atomic E-state index is 12.9. The normalized spacial score (nSPS) is 11.6. The van der Waals surface area contributed by atoms with Gasteiger partial charge in [0.05, 0.1) is 17.5 Å². The molecule has 2 heterocycles. The van der Waals surface area contributed by atoms with E-state index in [1.54, 1.807) is 18.2 Å². The predicted molar refractivity (Wildman–Crippen MR) is 108 cm³/mol. The number of unbranched alkanes of at least 4 members (excludes halogenated alkanes) is 4. The standard InChI is InChI=1S/C22H24F3N3O2/c1-2-3-4-5-6-9-21(29)26-20-15-18(19-8-7-14-30-19)27-28(20)17-12-10-16(11-13-17)22(23,24)25/h7-8,10-15H,2-6,9H2,1H3,(H,26,29). The molecule has 0 spiro atoms. The Morgan fingerprint density at radius 2 is 1.83 bits per heavy atom. The summed E-state index contributed by atoms with van der Waals surface area (Å²) < 4.78 is 45.4. The lowest BCUT2D eigenvalue weighted by molar-refractivity contribution is -0.137. The second-order valence-electron chi connectivity index (χ2n) is 7.06. The van der Waals surface area contributed by atoms with Crippen LogP contribution in [0.25, 0.3) is 17.1 Å². The van der Waals surface area contributed by atoms with Gasteiger partial charge in [-0.2, -0.15) is 18.3 Å². The number of amides is 1. The largest absolute Gasteiger partial charge is 0.463 e. The smallest absolute Gasteiger partial charge is 0.416 e. The number of alkyl halides is 3. The van der Waals surface area contributed by atoms with E-state index in [4.69, 9.17) is 4.42 Å². The number of nitrogens with one attached hydrogen (secondary N) is 1. The average molecular weight is 419 g/mol. The zero-order valence-corrected chi connectivity index (χ0v) is 16.7. The molecule has 0 aliphatic heterocycles. The third-order valence-corrected chi connectivity index (χ3v) is 4.70. The number of carbonyl (C=O) groups excluding carboxylic acids is 1. The summed E-state index contributed by atoms with van der Waals surface area (Å²) in [6.07, 6.45) is 2.59. The molecule has 1 aromatic carbocycles. The molecule has 3 rings (SSSR count). The Morgan fingerprint density at radius 3 is 2.47 bits per heavy atom. The molecule has 0 unspecified atom stereocenters. The summed E-state index contributed by atoms with van der Waals surface area (Å²) in [6.45, 7) is 2.13. The monoisotopic (exact) mass is 419 g/mol. The van der Waals surface area contributed by atoms with Gasteiger partial charge in [0, 0.05) is 12.5 Å². The topological polar surface area (TPSA) is 60.1 Å². The van der Waals surface area contributed by atoms with Crippen LogP contribution >= 0.6 is 0 Å². The molecule has 0 fully saturated rings. The average Bonchev–Trinajstić information content (AvgIpc) is 3.37. The van der Waals surface area contributed by atoms with E-state index in [0.29, 0.717) is 29.4 Å². The maximum absolute atomic E-state index is 12.9. The van der Waals surface area contributed by atoms with Crippen LogP contribution in [0.5, 0.6) is 0 Å². The highest BCUT2D eigenvalue weighted by molar-refractivity contribution is 5.90. The Balaban J connectivity index is 1.80. The minimum absolute atomic E-state index is 0.162. The second-order valence-corrected chi connectivity index (χ2v) is 7.06. The van der Waals surface area contributed by atoms with E-state index in [2.05, 4.69) is 17.3 Å². The van der Waals surface area contributed by atoms with Crippen LogP contribution in [0.4, 0.5) is 19.0 Å². The van der Waals surface area contributed by atoms with Crippen molar-refractivity contribution in [3.8, 4) is 17.1 Å². The fourth-order valence-electron chi connectivity index (χ4n) is 3.10. The van der Waals surface area contributed by atoms with E-state index in [1.807, 2.05) is 0 Å². The first kappa shape index (κ1) is 21.7. The van der Waals surface area contributed by atoms with Crippen LogP contribution in [-0.2, 0) is 11.0 Å². The summed E-state index contributed by atoms with van der Waals surface area (Å²) in [6, 6.07) is 9.70. The highest BCUT2D eigenvalue weighted by Crippen LogP contribution is 2.31. The summed E-state index contributed by atoms with van der Waals surface area (Å²) in [7, 11) is 0. The van der Waals surface area contributed by atoms with Gasteiger partial charge in [-0.05, 0) is 42.8 Å². The van der Waals surface area contributed by atoms with Gasteiger partial charge in [0.25, 0.3) is 0 Å². The summed E-state index contributed by atoms with van der Waals surface area (Å²) in [5.41, 5.74) is 0.125. The fraction of sp³-hybridized carbons (Fsp3) is 0.364. The van der Waals surface area contributed by atoms with Crippen molar-refractivity contribution in [2.24, 2.45) is 0 Å². The van der Waals surface area contributed by atoms with Crippen molar-refractivity contribution in [3.63, 3.8) is 0 Å². The van der Waals surface area contributed by atoms with Crippen molar-refractivity contribution >= 4 is 11.7 Å². The van der Waals surface area contributed by atoms with Crippen molar-refractivity contribution in [1.82, 2.24) is 9.78 Å². The van der Waals surface area contributed by atoms with Gasteiger partial charge in [0.15, 0.2) is 5.76 Å². The van der Waals surface area contributed by atoms with E-state index >= 15 is 0 Å². The molecule has 8 heteroatoms. The van der Waals surface area contributed by atoms with Crippen molar-refractivity contribution in [2.45, 2.75) is 51.6 Å². The number of furan rings is 1. The molecular weight excluding hydrogens is 395 g/mol. The zero-order valence-electron chi connectivity index (χ0n) is 16.7. The molecule has 0 atom stereocenters. The molecule has 0 saturated heterocycles. The number of hydrogen-bond acceptors (Lipinski definition) is 3. The van der Waals surface area contributed by atoms with Crippen LogP contribution in [0.2, 0.25) is 0 Å². The van der Waals surface area contributed by atoms with Crippen molar-refractivity contribution in [1.29, 1.82) is 0 Å². The number of rotatable bonds is 9. The first-order valence-corrected chi connectivity index (χ1v) is 10.00. The van der Waals surface area contributed by atoms with Crippen LogP contribution in [-0.4, -0.2) is 15.7 Å². The summed E-state index contributed by atoms with van der Waals surface area (Å²) in [4.78, 5) is 12.4. The van der Waals surface area contributed by atoms with E-state index in [0.717, 1.165) is 44.2 Å². The van der Waals surface area contributed by atoms with Crippen molar-refractivity contribution in [3.05, 3.63) is 54.3 Å². The lowest BCUT2D eigenvalue weighted by Crippen LogP contribution is -2.14. The fourth-order valence-corrected chi connectivity index (χ4v) is 3.10. The number of anilines is 1. The molecule has 2 aromatic heterocycles. The van der Waals surface area contributed by atoms with Gasteiger partial charge in [0.2, 0.25) is 5.91 Å². The van der Waals surface area contributed by atoms with Gasteiger partial charge in [0.1, 0.15) is 11.5 Å². The van der Waals surface area contributed by atoms with E-state index in [1.165, 1.54) is 23.1 Å². The number of benzene rings is 1. The zero-order chi connectivity index (χ0) is 21.6. The van der Waals surface area contributed by atoms with Gasteiger partial charge in [-0.15, -0.1) is 0 Å². The molecule has 5 nitrogen and oxygen atoms in total. The maximum Gasteiger partial charge on any atom is 0.416 e. The molecule has 3 aromatic rings. The highest BCUT2D eigenvalue weighted by atomic mass is 19.4. The lowest BCUT2D eigenvalue weighted by atomic mass is 10.1. The van der Waals surface area contributed by atoms with Gasteiger partial charge in [-0.3, -0.25) is 4.79 Å². The highest BCUT2D eigenvalue weighted by Gasteiger charge is 2.30. The van der Waals surface area contributed by atoms with Crippen LogP contribution in [0.1, 0.15) is 51.0 Å². The van der Waals surface area contributed by atoms with Crippen molar-refractivity contribution in [2.75, 3.05) is 5.32 Å². The predicted octanol–water partition coefficient (Wildman–Crippen LogP) is 6.45. The molecule has 160 valence electrons. The van der Waals surface area contributed by atoms with E-state index < -0.39 is 11.7 Å². The number of aromatic nitrogens is 2. The van der Waals surface area contributed by atoms with Crippen LogP contribution in [0.15, 0.2) is 53.1 Å². The number of carbonyl (C=O) groups is 1. The van der Waals surface area contributed by atoms with Gasteiger partial charge in [-0.25, -0.2) is 4.68 Å². The second kappa shape index (κ2) is 9.65. The van der Waals surface area contributed by atoms with Crippen LogP contribution in [0, 0.1) is 0 Å². The minimum Gasteiger partial charge on any atom is -0.463 e. The Morgan fingerprint density at radius 1 is 1.10 bits per heavy atom. The van der Waals surface area contributed by atoms with E-state index in [9.17, 15) is 18.0 Å². The first-order chi connectivity index (χ1) is 14.4. The molecule has 0 radical (unpaired) electrons. The summed E-state index contributed by atoms with van der Waals surface area (Å²) in [5, 5.41) is 7.24. The molecule has 0 bridgehead atoms. The molecule has 0 aliphatic rings. The summed E-state index contributed by atoms with van der Waals surface area (Å²) >= 11 is 0. The third-order valence-electron chi connectivity index (χ3n) is 4.70. The van der Waals surface area contributed by atoms with Gasteiger partial charge >= 0.3 is 6.18 Å². The van der Waals surface area contributed by atoms with Gasteiger partial charge in [-0.1, -0.05) is 32.6 Å². The van der Waals surface area contributed by atoms with Crippen LogP contribution < -0.4 is 5.32 Å². The molecule has 1 N–H and O–H groups in total. The molecule has 0 aliphatic carbocycles. The quantitative estimate of drug-likeness (QED) is 0.406. The Kier molecular flexibility index (Phi) is 6.97. The molecule has 30 heavy (non-hydrogen) atoms. The Hall–Kier alpha value is -3.03. The van der Waals surface area contributed by atoms with E-state index in [-0.39, 0.29) is 5.91 Å². The Labute approximate surface area is 172 Å².